The number of rotatable bonds is 11. The first-order valence-corrected chi connectivity index (χ1v) is 12.8. The van der Waals surface area contributed by atoms with Crippen LogP contribution in [0.4, 0.5) is 0 Å². The molecular weight excluding hydrogens is 485 g/mol. The lowest BCUT2D eigenvalue weighted by Gasteiger charge is -2.32. The van der Waals surface area contributed by atoms with Crippen molar-refractivity contribution in [3.8, 4) is 5.75 Å². The molecule has 7 heteroatoms. The third-order valence-electron chi connectivity index (χ3n) is 6.34. The van der Waals surface area contributed by atoms with E-state index in [9.17, 15) is 9.90 Å². The quantitative estimate of drug-likeness (QED) is 0.287. The zero-order valence-electron chi connectivity index (χ0n) is 20.8. The molecule has 1 aliphatic carbocycles. The second-order valence-electron chi connectivity index (χ2n) is 9.77. The van der Waals surface area contributed by atoms with Crippen LogP contribution in [0.3, 0.4) is 0 Å². The molecule has 0 radical (unpaired) electrons. The molecule has 0 saturated heterocycles. The number of aliphatic hydroxyl groups excluding tert-OH is 1. The maximum absolute atomic E-state index is 11.5. The molecule has 2 aromatic rings. The predicted octanol–water partition coefficient (Wildman–Crippen LogP) is 5.87. The van der Waals surface area contributed by atoms with E-state index in [4.69, 9.17) is 32.7 Å². The van der Waals surface area contributed by atoms with Crippen LogP contribution in [0.1, 0.15) is 50.8 Å². The molecule has 0 aliphatic heterocycles. The smallest absolute Gasteiger partial charge is 0.330 e. The summed E-state index contributed by atoms with van der Waals surface area (Å²) in [6.45, 7) is 8.57. The first kappa shape index (κ1) is 27.5. The number of carbonyl (C=O) groups is 1. The molecule has 1 aliphatic rings. The lowest BCUT2D eigenvalue weighted by molar-refractivity contribution is -0.137. The molecule has 35 heavy (non-hydrogen) atoms. The first-order valence-electron chi connectivity index (χ1n) is 12.1. The molecule has 0 aromatic heterocycles. The van der Waals surface area contributed by atoms with Crippen LogP contribution in [-0.4, -0.2) is 42.0 Å². The summed E-state index contributed by atoms with van der Waals surface area (Å²) in [5, 5.41) is 14.7. The molecule has 0 fully saturated rings. The number of ether oxygens (including phenoxy) is 2. The number of fused-ring (bicyclic) bond motifs is 1. The van der Waals surface area contributed by atoms with Gasteiger partial charge in [-0.15, -0.1) is 0 Å². The zero-order chi connectivity index (χ0) is 25.6. The van der Waals surface area contributed by atoms with Gasteiger partial charge < -0.3 is 19.9 Å². The van der Waals surface area contributed by atoms with E-state index in [-0.39, 0.29) is 15.6 Å². The molecule has 190 valence electrons. The van der Waals surface area contributed by atoms with Crippen LogP contribution in [0.2, 0.25) is 10.0 Å². The summed E-state index contributed by atoms with van der Waals surface area (Å²) in [4.78, 5) is 11.5. The number of esters is 1. The van der Waals surface area contributed by atoms with E-state index in [2.05, 4.69) is 43.4 Å². The van der Waals surface area contributed by atoms with E-state index in [1.165, 1.54) is 17.2 Å². The third kappa shape index (κ3) is 7.71. The second-order valence-corrected chi connectivity index (χ2v) is 10.5. The lowest BCUT2D eigenvalue weighted by atomic mass is 9.88. The molecule has 0 spiro atoms. The Labute approximate surface area is 218 Å². The average molecular weight is 520 g/mol. The van der Waals surface area contributed by atoms with Gasteiger partial charge in [-0.25, -0.2) is 4.79 Å². The number of nitrogens with one attached hydrogen (secondary N) is 1. The number of halogens is 2. The van der Waals surface area contributed by atoms with Gasteiger partial charge >= 0.3 is 5.97 Å². The summed E-state index contributed by atoms with van der Waals surface area (Å²) < 4.78 is 10.8. The highest BCUT2D eigenvalue weighted by Crippen LogP contribution is 2.36. The fraction of sp³-hybridized carbons (Fsp3) is 0.464. The molecule has 0 bridgehead atoms. The highest BCUT2D eigenvalue weighted by Gasteiger charge is 2.29. The van der Waals surface area contributed by atoms with Crippen molar-refractivity contribution < 1.29 is 19.4 Å². The van der Waals surface area contributed by atoms with E-state index in [1.54, 1.807) is 32.1 Å². The highest BCUT2D eigenvalue weighted by molar-refractivity contribution is 6.43. The van der Waals surface area contributed by atoms with Gasteiger partial charge in [-0.05, 0) is 87.8 Å². The molecular formula is C28H35Cl2NO4. The number of hydrogen-bond donors (Lipinski definition) is 2. The van der Waals surface area contributed by atoms with Crippen molar-refractivity contribution in [3.63, 3.8) is 0 Å². The Kier molecular flexibility index (Phi) is 9.65. The van der Waals surface area contributed by atoms with Gasteiger partial charge in [0, 0.05) is 18.2 Å². The summed E-state index contributed by atoms with van der Waals surface area (Å²) in [5.41, 5.74) is 3.35. The molecule has 0 amide bonds. The molecule has 2 aromatic carbocycles. The van der Waals surface area contributed by atoms with E-state index in [0.29, 0.717) is 30.4 Å². The van der Waals surface area contributed by atoms with Crippen LogP contribution in [0.15, 0.2) is 42.5 Å². The molecule has 3 rings (SSSR count). The second kappa shape index (κ2) is 12.3. The summed E-state index contributed by atoms with van der Waals surface area (Å²) in [6, 6.07) is 12.0. The minimum Gasteiger partial charge on any atom is -0.486 e. The Balaban J connectivity index is 1.52. The summed E-state index contributed by atoms with van der Waals surface area (Å²) in [7, 11) is 0. The molecule has 2 unspecified atom stereocenters. The molecule has 0 heterocycles. The zero-order valence-corrected chi connectivity index (χ0v) is 22.3. The number of benzene rings is 2. The van der Waals surface area contributed by atoms with Gasteiger partial charge in [0.2, 0.25) is 0 Å². The summed E-state index contributed by atoms with van der Waals surface area (Å²) in [6.07, 6.45) is 4.82. The van der Waals surface area contributed by atoms with Crippen molar-refractivity contribution in [2.24, 2.45) is 5.92 Å². The Morgan fingerprint density at radius 2 is 1.83 bits per heavy atom. The third-order valence-corrected chi connectivity index (χ3v) is 7.22. The minimum atomic E-state index is -0.742. The van der Waals surface area contributed by atoms with Crippen LogP contribution in [0.25, 0.3) is 6.08 Å². The Bertz CT molecular complexity index is 1030. The van der Waals surface area contributed by atoms with E-state index < -0.39 is 18.2 Å². The molecule has 2 N–H and O–H groups in total. The van der Waals surface area contributed by atoms with Gasteiger partial charge in [-0.1, -0.05) is 47.5 Å². The van der Waals surface area contributed by atoms with Crippen molar-refractivity contribution in [2.45, 2.75) is 64.7 Å². The van der Waals surface area contributed by atoms with Crippen LogP contribution < -0.4 is 10.1 Å². The lowest BCUT2D eigenvalue weighted by Crippen LogP contribution is -2.48. The van der Waals surface area contributed by atoms with Crippen molar-refractivity contribution >= 4 is 35.2 Å². The number of carbonyl (C=O) groups excluding carboxylic acids is 1. The van der Waals surface area contributed by atoms with Crippen LogP contribution in [0, 0.1) is 5.92 Å². The Morgan fingerprint density at radius 3 is 2.46 bits per heavy atom. The fourth-order valence-electron chi connectivity index (χ4n) is 4.53. The standard InChI is InChI=1S/C28H35Cl2NO4/c1-5-34-25(33)13-11-20-10-12-24(27(30)26(20)29)35-18(2)23(32)17-31-28(3,4)16-19-14-21-8-6-7-9-22(21)15-19/h6-13,18-19,23,31-32H,5,14-17H2,1-4H3. The van der Waals surface area contributed by atoms with Crippen molar-refractivity contribution in [1.82, 2.24) is 5.32 Å². The first-order chi connectivity index (χ1) is 16.6. The minimum absolute atomic E-state index is 0.124. The van der Waals surface area contributed by atoms with Crippen molar-refractivity contribution in [3.05, 3.63) is 69.2 Å². The number of hydrogen-bond acceptors (Lipinski definition) is 5. The van der Waals surface area contributed by atoms with Gasteiger partial charge in [-0.2, -0.15) is 0 Å². The summed E-state index contributed by atoms with van der Waals surface area (Å²) in [5.74, 6) is 0.516. The normalized spacial score (nSPS) is 15.7. The maximum atomic E-state index is 11.5. The average Bonchev–Trinajstić information content (AvgIpc) is 3.21. The van der Waals surface area contributed by atoms with Gasteiger partial charge in [0.25, 0.3) is 0 Å². The SMILES string of the molecule is CCOC(=O)C=Cc1ccc(OC(C)C(O)CNC(C)(C)CC2Cc3ccccc3C2)c(Cl)c1Cl. The molecule has 5 nitrogen and oxygen atoms in total. The Hall–Kier alpha value is -2.05. The highest BCUT2D eigenvalue weighted by atomic mass is 35.5. The fourth-order valence-corrected chi connectivity index (χ4v) is 4.96. The van der Waals surface area contributed by atoms with Crippen molar-refractivity contribution in [1.29, 1.82) is 0 Å². The van der Waals surface area contributed by atoms with Gasteiger partial charge in [0.15, 0.2) is 0 Å². The number of β-amino-alcohol motifs (C(OH)–C–C–N with tert-alkyl or cyclic N) is 1. The van der Waals surface area contributed by atoms with Crippen molar-refractivity contribution in [2.75, 3.05) is 13.2 Å². The van der Waals surface area contributed by atoms with Crippen LogP contribution in [0.5, 0.6) is 5.75 Å². The monoisotopic (exact) mass is 519 g/mol. The Morgan fingerprint density at radius 1 is 1.17 bits per heavy atom. The summed E-state index contributed by atoms with van der Waals surface area (Å²) >= 11 is 12.8. The maximum Gasteiger partial charge on any atom is 0.330 e. The van der Waals surface area contributed by atoms with Gasteiger partial charge in [0.1, 0.15) is 23.0 Å². The van der Waals surface area contributed by atoms with E-state index in [0.717, 1.165) is 19.3 Å². The van der Waals surface area contributed by atoms with Crippen LogP contribution >= 0.6 is 23.2 Å². The van der Waals surface area contributed by atoms with Crippen LogP contribution in [-0.2, 0) is 22.4 Å². The predicted molar refractivity (Wildman–Crippen MR) is 142 cm³/mol. The number of aliphatic hydroxyl groups is 1. The van der Waals surface area contributed by atoms with E-state index in [1.807, 2.05) is 0 Å². The largest absolute Gasteiger partial charge is 0.486 e. The topological polar surface area (TPSA) is 67.8 Å². The van der Waals surface area contributed by atoms with Gasteiger partial charge in [-0.3, -0.25) is 0 Å². The van der Waals surface area contributed by atoms with Gasteiger partial charge in [0.05, 0.1) is 11.6 Å². The molecule has 2 atom stereocenters. The molecule has 0 saturated carbocycles. The van der Waals surface area contributed by atoms with E-state index >= 15 is 0 Å².